The van der Waals surface area contributed by atoms with Gasteiger partial charge in [-0.1, -0.05) is 0 Å². The monoisotopic (exact) mass is 407 g/mol. The van der Waals surface area contributed by atoms with E-state index in [-0.39, 0.29) is 10.6 Å². The van der Waals surface area contributed by atoms with E-state index in [1.54, 1.807) is 24.3 Å². The summed E-state index contributed by atoms with van der Waals surface area (Å²) in [7, 11) is -2.83. The lowest BCUT2D eigenvalue weighted by Crippen LogP contribution is -2.36. The molecule has 0 spiro atoms. The van der Waals surface area contributed by atoms with Crippen LogP contribution in [0.4, 0.5) is 5.69 Å². The van der Waals surface area contributed by atoms with Crippen molar-refractivity contribution in [3.8, 4) is 17.2 Å². The molecule has 0 saturated carbocycles. The molecule has 0 radical (unpaired) electrons. The highest BCUT2D eigenvalue weighted by atomic mass is 32.2. The SMILES string of the molecule is CCOc1ccc(S(=O)(=O)N(CC(=O)OC)c2ccc3c(c2)OCCO3)cc1. The van der Waals surface area contributed by atoms with Crippen LogP contribution in [0.25, 0.3) is 0 Å². The van der Waals surface area contributed by atoms with Gasteiger partial charge >= 0.3 is 5.97 Å². The summed E-state index contributed by atoms with van der Waals surface area (Å²) in [6.07, 6.45) is 0. The first-order valence-corrected chi connectivity index (χ1v) is 10.1. The molecule has 2 aromatic rings. The fourth-order valence-corrected chi connectivity index (χ4v) is 4.09. The van der Waals surface area contributed by atoms with Crippen LogP contribution in [0.3, 0.4) is 0 Å². The molecule has 1 aliphatic heterocycles. The Hall–Kier alpha value is -2.94. The van der Waals surface area contributed by atoms with Crippen molar-refractivity contribution in [3.63, 3.8) is 0 Å². The summed E-state index contributed by atoms with van der Waals surface area (Å²) in [5, 5.41) is 0. The van der Waals surface area contributed by atoms with Crippen molar-refractivity contribution >= 4 is 21.7 Å². The highest BCUT2D eigenvalue weighted by molar-refractivity contribution is 7.92. The first-order chi connectivity index (χ1) is 13.5. The van der Waals surface area contributed by atoms with Crippen LogP contribution in [0, 0.1) is 0 Å². The number of hydrogen-bond donors (Lipinski definition) is 0. The van der Waals surface area contributed by atoms with Gasteiger partial charge in [-0.15, -0.1) is 0 Å². The summed E-state index contributed by atoms with van der Waals surface area (Å²) in [6.45, 7) is 2.61. The van der Waals surface area contributed by atoms with Crippen molar-refractivity contribution in [2.75, 3.05) is 37.8 Å². The second kappa shape index (κ2) is 8.39. The Morgan fingerprint density at radius 1 is 1.07 bits per heavy atom. The Kier molecular flexibility index (Phi) is 5.93. The predicted molar refractivity (Wildman–Crippen MR) is 102 cm³/mol. The molecule has 2 aromatic carbocycles. The molecule has 0 bridgehead atoms. The molecule has 0 aliphatic carbocycles. The van der Waals surface area contributed by atoms with Gasteiger partial charge in [-0.25, -0.2) is 8.42 Å². The van der Waals surface area contributed by atoms with Crippen LogP contribution in [-0.2, 0) is 19.6 Å². The predicted octanol–water partition coefficient (Wildman–Crippen LogP) is 2.22. The van der Waals surface area contributed by atoms with E-state index in [2.05, 4.69) is 4.74 Å². The number of rotatable bonds is 7. The minimum atomic E-state index is -4.04. The number of anilines is 1. The number of methoxy groups -OCH3 is 1. The molecule has 1 heterocycles. The Morgan fingerprint density at radius 3 is 2.39 bits per heavy atom. The van der Waals surface area contributed by atoms with Crippen LogP contribution in [0.2, 0.25) is 0 Å². The number of sulfonamides is 1. The van der Waals surface area contributed by atoms with Gasteiger partial charge in [-0.3, -0.25) is 9.10 Å². The maximum Gasteiger partial charge on any atom is 0.326 e. The molecule has 0 aromatic heterocycles. The summed E-state index contributed by atoms with van der Waals surface area (Å²) < 4.78 is 48.5. The van der Waals surface area contributed by atoms with E-state index < -0.39 is 22.5 Å². The Labute approximate surface area is 163 Å². The summed E-state index contributed by atoms with van der Waals surface area (Å²) in [5.41, 5.74) is 0.267. The fourth-order valence-electron chi connectivity index (χ4n) is 2.69. The average Bonchev–Trinajstić information content (AvgIpc) is 2.72. The van der Waals surface area contributed by atoms with Gasteiger partial charge < -0.3 is 18.9 Å². The van der Waals surface area contributed by atoms with Crippen molar-refractivity contribution in [1.29, 1.82) is 0 Å². The highest BCUT2D eigenvalue weighted by Crippen LogP contribution is 2.35. The zero-order chi connectivity index (χ0) is 20.1. The third-order valence-electron chi connectivity index (χ3n) is 4.04. The number of nitrogens with zero attached hydrogens (tertiary/aromatic N) is 1. The minimum Gasteiger partial charge on any atom is -0.494 e. The third kappa shape index (κ3) is 4.14. The van der Waals surface area contributed by atoms with Gasteiger partial charge in [-0.05, 0) is 43.3 Å². The number of esters is 1. The van der Waals surface area contributed by atoms with Gasteiger partial charge in [0, 0.05) is 6.07 Å². The van der Waals surface area contributed by atoms with E-state index in [0.29, 0.717) is 37.1 Å². The summed E-state index contributed by atoms with van der Waals surface area (Å²) in [6, 6.07) is 10.7. The van der Waals surface area contributed by atoms with E-state index in [0.717, 1.165) is 4.31 Å². The molecule has 150 valence electrons. The van der Waals surface area contributed by atoms with E-state index in [1.807, 2.05) is 6.92 Å². The van der Waals surface area contributed by atoms with Gasteiger partial charge in [0.1, 0.15) is 25.5 Å². The van der Waals surface area contributed by atoms with Crippen LogP contribution in [0.15, 0.2) is 47.4 Å². The average molecular weight is 407 g/mol. The maximum absolute atomic E-state index is 13.2. The molecule has 9 heteroatoms. The van der Waals surface area contributed by atoms with Crippen LogP contribution in [0.5, 0.6) is 17.2 Å². The van der Waals surface area contributed by atoms with Crippen molar-refractivity contribution in [3.05, 3.63) is 42.5 Å². The number of benzene rings is 2. The molecule has 0 unspecified atom stereocenters. The lowest BCUT2D eigenvalue weighted by molar-refractivity contribution is -0.138. The second-order valence-electron chi connectivity index (χ2n) is 5.82. The van der Waals surface area contributed by atoms with Gasteiger partial charge in [0.25, 0.3) is 10.0 Å². The molecule has 28 heavy (non-hydrogen) atoms. The number of carbonyl (C=O) groups excluding carboxylic acids is 1. The fraction of sp³-hybridized carbons (Fsp3) is 0.316. The summed E-state index contributed by atoms with van der Waals surface area (Å²) >= 11 is 0. The molecule has 0 amide bonds. The van der Waals surface area contributed by atoms with Gasteiger partial charge in [0.2, 0.25) is 0 Å². The van der Waals surface area contributed by atoms with Crippen LogP contribution < -0.4 is 18.5 Å². The standard InChI is InChI=1S/C19H21NO7S/c1-3-25-15-5-7-16(8-6-15)28(22,23)20(13-19(21)24-2)14-4-9-17-18(12-14)27-11-10-26-17/h4-9,12H,3,10-11,13H2,1-2H3. The zero-order valence-electron chi connectivity index (χ0n) is 15.6. The van der Waals surface area contributed by atoms with Gasteiger partial charge in [0.05, 0.1) is 24.3 Å². The first-order valence-electron chi connectivity index (χ1n) is 8.67. The van der Waals surface area contributed by atoms with Gasteiger partial charge in [0.15, 0.2) is 11.5 Å². The van der Waals surface area contributed by atoms with E-state index in [9.17, 15) is 13.2 Å². The quantitative estimate of drug-likeness (QED) is 0.650. The van der Waals surface area contributed by atoms with E-state index in [1.165, 1.54) is 25.3 Å². The number of fused-ring (bicyclic) bond motifs is 1. The van der Waals surface area contributed by atoms with Gasteiger partial charge in [-0.2, -0.15) is 0 Å². The molecule has 0 N–H and O–H groups in total. The highest BCUT2D eigenvalue weighted by Gasteiger charge is 2.29. The third-order valence-corrected chi connectivity index (χ3v) is 5.82. The molecular weight excluding hydrogens is 386 g/mol. The first kappa shape index (κ1) is 19.8. The molecule has 0 fully saturated rings. The van der Waals surface area contributed by atoms with Crippen molar-refractivity contribution in [2.24, 2.45) is 0 Å². The zero-order valence-corrected chi connectivity index (χ0v) is 16.4. The van der Waals surface area contributed by atoms with Crippen LogP contribution in [0.1, 0.15) is 6.92 Å². The summed E-state index contributed by atoms with van der Waals surface area (Å²) in [4.78, 5) is 11.9. The largest absolute Gasteiger partial charge is 0.494 e. The Bertz CT molecular complexity index is 941. The Balaban J connectivity index is 2.00. The molecule has 1 aliphatic rings. The Morgan fingerprint density at radius 2 is 1.75 bits per heavy atom. The smallest absolute Gasteiger partial charge is 0.326 e. The molecule has 3 rings (SSSR count). The lowest BCUT2D eigenvalue weighted by Gasteiger charge is -2.25. The summed E-state index contributed by atoms with van der Waals surface area (Å²) in [5.74, 6) is 0.802. The van der Waals surface area contributed by atoms with Crippen LogP contribution in [-0.4, -0.2) is 47.9 Å². The second-order valence-corrected chi connectivity index (χ2v) is 7.68. The topological polar surface area (TPSA) is 91.4 Å². The van der Waals surface area contributed by atoms with Crippen LogP contribution >= 0.6 is 0 Å². The molecule has 8 nitrogen and oxygen atoms in total. The molecule has 0 saturated heterocycles. The number of hydrogen-bond acceptors (Lipinski definition) is 7. The molecule has 0 atom stereocenters. The van der Waals surface area contributed by atoms with Crippen molar-refractivity contribution < 1.29 is 32.2 Å². The molecular formula is C19H21NO7S. The minimum absolute atomic E-state index is 0.0229. The van der Waals surface area contributed by atoms with E-state index in [4.69, 9.17) is 14.2 Å². The van der Waals surface area contributed by atoms with Crippen molar-refractivity contribution in [2.45, 2.75) is 11.8 Å². The maximum atomic E-state index is 13.2. The normalized spacial score (nSPS) is 12.9. The number of carbonyl (C=O) groups is 1. The number of ether oxygens (including phenoxy) is 4. The van der Waals surface area contributed by atoms with Crippen molar-refractivity contribution in [1.82, 2.24) is 0 Å². The lowest BCUT2D eigenvalue weighted by atomic mass is 10.2. The van der Waals surface area contributed by atoms with E-state index >= 15 is 0 Å².